The molecule has 1 N–H and O–H groups in total. The van der Waals surface area contributed by atoms with Gasteiger partial charge in [0.25, 0.3) is 0 Å². The molecule has 0 spiro atoms. The van der Waals surface area contributed by atoms with E-state index in [1.165, 1.54) is 12.8 Å². The second-order valence-electron chi connectivity index (χ2n) is 5.19. The Balaban J connectivity index is 2.00. The molecule has 1 aromatic heterocycles. The van der Waals surface area contributed by atoms with E-state index in [1.807, 2.05) is 22.5 Å². The quantitative estimate of drug-likeness (QED) is 0.941. The van der Waals surface area contributed by atoms with Crippen molar-refractivity contribution in [3.05, 3.63) is 23.8 Å². The van der Waals surface area contributed by atoms with Gasteiger partial charge in [-0.3, -0.25) is 0 Å². The van der Waals surface area contributed by atoms with Gasteiger partial charge in [0.1, 0.15) is 5.52 Å². The molecule has 1 saturated carbocycles. The van der Waals surface area contributed by atoms with E-state index < -0.39 is 5.97 Å². The first kappa shape index (κ1) is 13.4. The Morgan fingerprint density at radius 2 is 2.30 bits per heavy atom. The van der Waals surface area contributed by atoms with Crippen LogP contribution in [0.15, 0.2) is 18.2 Å². The molecule has 0 saturated heterocycles. The summed E-state index contributed by atoms with van der Waals surface area (Å²) in [5.41, 5.74) is 1.55. The smallest absolute Gasteiger partial charge is 0.338 e. The van der Waals surface area contributed by atoms with Crippen LogP contribution < -0.4 is 0 Å². The standard InChI is InChI=1S/C14H17N3O2S/c1-20-10-5-2-4-9(8-10)17-12-7-3-6-11(14(18)19)13(12)15-16-17/h3,6-7,9-10H,2,4-5,8H2,1H3,(H,18,19). The van der Waals surface area contributed by atoms with Gasteiger partial charge in [-0.15, -0.1) is 5.10 Å². The summed E-state index contributed by atoms with van der Waals surface area (Å²) in [6.07, 6.45) is 6.76. The van der Waals surface area contributed by atoms with Gasteiger partial charge in [0.2, 0.25) is 0 Å². The van der Waals surface area contributed by atoms with Crippen molar-refractivity contribution in [3.8, 4) is 0 Å². The monoisotopic (exact) mass is 291 g/mol. The number of carboxylic acid groups (broad SMARTS) is 1. The molecule has 0 radical (unpaired) electrons. The van der Waals surface area contributed by atoms with Crippen molar-refractivity contribution >= 4 is 28.8 Å². The summed E-state index contributed by atoms with van der Waals surface area (Å²) >= 11 is 1.90. The highest BCUT2D eigenvalue weighted by Crippen LogP contribution is 2.35. The number of nitrogens with zero attached hydrogens (tertiary/aromatic N) is 3. The first-order valence-corrected chi connectivity index (χ1v) is 8.09. The molecule has 3 rings (SSSR count). The summed E-state index contributed by atoms with van der Waals surface area (Å²) in [6, 6.07) is 5.58. The zero-order valence-corrected chi connectivity index (χ0v) is 12.1. The average molecular weight is 291 g/mol. The van der Waals surface area contributed by atoms with Crippen molar-refractivity contribution in [1.82, 2.24) is 15.0 Å². The van der Waals surface area contributed by atoms with Crippen molar-refractivity contribution in [2.75, 3.05) is 6.26 Å². The Morgan fingerprint density at radius 3 is 3.05 bits per heavy atom. The van der Waals surface area contributed by atoms with Crippen LogP contribution in [-0.2, 0) is 0 Å². The van der Waals surface area contributed by atoms with Crippen LogP contribution in [0.3, 0.4) is 0 Å². The number of carboxylic acids is 1. The lowest BCUT2D eigenvalue weighted by atomic mass is 9.95. The molecule has 106 valence electrons. The molecule has 1 fully saturated rings. The Hall–Kier alpha value is -1.56. The summed E-state index contributed by atoms with van der Waals surface area (Å²) in [5, 5.41) is 18.2. The van der Waals surface area contributed by atoms with Gasteiger partial charge in [-0.25, -0.2) is 9.48 Å². The van der Waals surface area contributed by atoms with Crippen LogP contribution in [0.2, 0.25) is 0 Å². The van der Waals surface area contributed by atoms with E-state index in [9.17, 15) is 9.90 Å². The van der Waals surface area contributed by atoms with E-state index in [1.54, 1.807) is 12.1 Å². The predicted molar refractivity (Wildman–Crippen MR) is 79.3 cm³/mol. The van der Waals surface area contributed by atoms with Crippen LogP contribution in [0.5, 0.6) is 0 Å². The third kappa shape index (κ3) is 2.28. The fourth-order valence-corrected chi connectivity index (χ4v) is 3.78. The highest BCUT2D eigenvalue weighted by Gasteiger charge is 2.25. The van der Waals surface area contributed by atoms with Crippen LogP contribution in [0, 0.1) is 0 Å². The van der Waals surface area contributed by atoms with Crippen molar-refractivity contribution in [3.63, 3.8) is 0 Å². The van der Waals surface area contributed by atoms with Crippen molar-refractivity contribution in [2.24, 2.45) is 0 Å². The van der Waals surface area contributed by atoms with Gasteiger partial charge in [-0.05, 0) is 37.7 Å². The lowest BCUT2D eigenvalue weighted by Gasteiger charge is -2.28. The Labute approximate surface area is 121 Å². The van der Waals surface area contributed by atoms with Crippen LogP contribution in [0.1, 0.15) is 42.1 Å². The maximum absolute atomic E-state index is 11.2. The minimum atomic E-state index is -0.951. The second kappa shape index (κ2) is 5.44. The van der Waals surface area contributed by atoms with E-state index in [0.29, 0.717) is 16.8 Å². The highest BCUT2D eigenvalue weighted by molar-refractivity contribution is 7.99. The second-order valence-corrected chi connectivity index (χ2v) is 6.33. The van der Waals surface area contributed by atoms with E-state index in [2.05, 4.69) is 16.6 Å². The van der Waals surface area contributed by atoms with E-state index >= 15 is 0 Å². The number of aromatic nitrogens is 3. The number of hydrogen-bond acceptors (Lipinski definition) is 4. The van der Waals surface area contributed by atoms with Crippen LogP contribution in [0.25, 0.3) is 11.0 Å². The summed E-state index contributed by atoms with van der Waals surface area (Å²) in [6.45, 7) is 0. The first-order chi connectivity index (χ1) is 9.70. The van der Waals surface area contributed by atoms with E-state index in [-0.39, 0.29) is 5.56 Å². The highest BCUT2D eigenvalue weighted by atomic mass is 32.2. The Morgan fingerprint density at radius 1 is 1.45 bits per heavy atom. The number of thioether (sulfide) groups is 1. The Bertz CT molecular complexity index is 640. The normalized spacial score (nSPS) is 23.1. The molecule has 0 bridgehead atoms. The van der Waals surface area contributed by atoms with Gasteiger partial charge >= 0.3 is 5.97 Å². The van der Waals surface area contributed by atoms with Crippen molar-refractivity contribution in [2.45, 2.75) is 37.0 Å². The summed E-state index contributed by atoms with van der Waals surface area (Å²) in [7, 11) is 0. The maximum atomic E-state index is 11.2. The third-order valence-electron chi connectivity index (χ3n) is 4.01. The van der Waals surface area contributed by atoms with E-state index in [0.717, 1.165) is 18.4 Å². The minimum Gasteiger partial charge on any atom is -0.478 e. The fraction of sp³-hybridized carbons (Fsp3) is 0.500. The fourth-order valence-electron chi connectivity index (χ4n) is 2.96. The number of rotatable bonds is 3. The summed E-state index contributed by atoms with van der Waals surface area (Å²) in [5.74, 6) is -0.951. The van der Waals surface area contributed by atoms with Gasteiger partial charge in [-0.1, -0.05) is 17.7 Å². The SMILES string of the molecule is CSC1CCCC(n2nnc3c(C(=O)O)cccc32)C1. The topological polar surface area (TPSA) is 68.0 Å². The van der Waals surface area contributed by atoms with E-state index in [4.69, 9.17) is 0 Å². The van der Waals surface area contributed by atoms with Gasteiger partial charge in [0, 0.05) is 5.25 Å². The molecule has 20 heavy (non-hydrogen) atoms. The molecular weight excluding hydrogens is 274 g/mol. The number of aromatic carboxylic acids is 1. The molecule has 1 aliphatic carbocycles. The lowest BCUT2D eigenvalue weighted by molar-refractivity contribution is 0.0699. The molecule has 0 amide bonds. The molecule has 1 aromatic carbocycles. The van der Waals surface area contributed by atoms with Crippen molar-refractivity contribution in [1.29, 1.82) is 0 Å². The predicted octanol–water partition coefficient (Wildman–Crippen LogP) is 2.98. The molecule has 2 atom stereocenters. The number of hydrogen-bond donors (Lipinski definition) is 1. The summed E-state index contributed by atoms with van der Waals surface area (Å²) < 4.78 is 1.92. The first-order valence-electron chi connectivity index (χ1n) is 6.80. The molecular formula is C14H17N3O2S. The molecule has 5 nitrogen and oxygen atoms in total. The van der Waals surface area contributed by atoms with Gasteiger partial charge in [0.05, 0.1) is 17.1 Å². The lowest BCUT2D eigenvalue weighted by Crippen LogP contribution is -2.21. The summed E-state index contributed by atoms with van der Waals surface area (Å²) in [4.78, 5) is 11.2. The van der Waals surface area contributed by atoms with Crippen molar-refractivity contribution < 1.29 is 9.90 Å². The van der Waals surface area contributed by atoms with Crippen LogP contribution >= 0.6 is 11.8 Å². The zero-order chi connectivity index (χ0) is 14.1. The average Bonchev–Trinajstić information content (AvgIpc) is 2.91. The number of carbonyl (C=O) groups is 1. The molecule has 6 heteroatoms. The van der Waals surface area contributed by atoms with Gasteiger partial charge in [-0.2, -0.15) is 11.8 Å². The molecule has 1 aliphatic rings. The molecule has 1 heterocycles. The third-order valence-corrected chi connectivity index (χ3v) is 5.11. The molecule has 0 aliphatic heterocycles. The Kier molecular flexibility index (Phi) is 3.65. The molecule has 2 unspecified atom stereocenters. The van der Waals surface area contributed by atoms with Crippen LogP contribution in [-0.4, -0.2) is 37.6 Å². The number of fused-ring (bicyclic) bond motifs is 1. The van der Waals surface area contributed by atoms with Gasteiger partial charge < -0.3 is 5.11 Å². The number of benzene rings is 1. The maximum Gasteiger partial charge on any atom is 0.338 e. The van der Waals surface area contributed by atoms with Gasteiger partial charge in [0.15, 0.2) is 0 Å². The van der Waals surface area contributed by atoms with Crippen LogP contribution in [0.4, 0.5) is 0 Å². The molecule has 2 aromatic rings. The largest absolute Gasteiger partial charge is 0.478 e. The zero-order valence-electron chi connectivity index (χ0n) is 11.3. The minimum absolute atomic E-state index is 0.228.